The summed E-state index contributed by atoms with van der Waals surface area (Å²) in [5, 5.41) is 10.5. The molecule has 1 atom stereocenters. The van der Waals surface area contributed by atoms with Crippen LogP contribution in [0.15, 0.2) is 30.6 Å². The molecule has 0 spiro atoms. The maximum absolute atomic E-state index is 13.1. The van der Waals surface area contributed by atoms with Gasteiger partial charge >= 0.3 is 5.97 Å². The van der Waals surface area contributed by atoms with E-state index in [-0.39, 0.29) is 29.3 Å². The van der Waals surface area contributed by atoms with Crippen LogP contribution in [0.1, 0.15) is 52.1 Å². The zero-order chi connectivity index (χ0) is 18.4. The normalized spacial score (nSPS) is 16.9. The highest BCUT2D eigenvalue weighted by Gasteiger charge is 2.37. The Morgan fingerprint density at radius 3 is 2.81 bits per heavy atom. The van der Waals surface area contributed by atoms with E-state index in [1.54, 1.807) is 4.90 Å². The lowest BCUT2D eigenvalue weighted by molar-refractivity contribution is 0.0576. The summed E-state index contributed by atoms with van der Waals surface area (Å²) in [6, 6.07) is 7.97. The average molecular weight is 352 g/mol. The van der Waals surface area contributed by atoms with Crippen LogP contribution < -0.4 is 0 Å². The van der Waals surface area contributed by atoms with Crippen molar-refractivity contribution in [3.63, 3.8) is 0 Å². The van der Waals surface area contributed by atoms with Gasteiger partial charge in [-0.3, -0.25) is 4.79 Å². The van der Waals surface area contributed by atoms with Crippen LogP contribution in [0.2, 0.25) is 0 Å². The molecule has 0 bridgehead atoms. The average Bonchev–Trinajstić information content (AvgIpc) is 3.24. The van der Waals surface area contributed by atoms with E-state index in [0.717, 1.165) is 17.6 Å². The molecule has 0 fully saturated rings. The van der Waals surface area contributed by atoms with Crippen molar-refractivity contribution in [2.45, 2.75) is 26.3 Å². The summed E-state index contributed by atoms with van der Waals surface area (Å²) in [5.41, 5.74) is 3.13. The van der Waals surface area contributed by atoms with Gasteiger partial charge in [0.1, 0.15) is 0 Å². The predicted molar refractivity (Wildman–Crippen MR) is 96.2 cm³/mol. The number of carbonyl (C=O) groups excluding carboxylic acids is 1. The number of nitrogens with one attached hydrogen (secondary N) is 2. The SMILES string of the molecule is CC(C)[C@@H]1c2[nH]c3ccccc3c2CCN1C(=O)c1nc[nH]c1C(=O)O. The zero-order valence-corrected chi connectivity index (χ0v) is 14.6. The second-order valence-corrected chi connectivity index (χ2v) is 6.93. The summed E-state index contributed by atoms with van der Waals surface area (Å²) in [6.07, 6.45) is 1.97. The predicted octanol–water partition coefficient (Wildman–Crippen LogP) is 2.98. The van der Waals surface area contributed by atoms with Crippen molar-refractivity contribution in [1.29, 1.82) is 0 Å². The van der Waals surface area contributed by atoms with Gasteiger partial charge in [0.05, 0.1) is 12.4 Å². The van der Waals surface area contributed by atoms with Gasteiger partial charge < -0.3 is 20.0 Å². The molecule has 7 nitrogen and oxygen atoms in total. The molecule has 0 unspecified atom stereocenters. The van der Waals surface area contributed by atoms with Crippen LogP contribution in [-0.4, -0.2) is 43.4 Å². The molecular weight excluding hydrogens is 332 g/mol. The van der Waals surface area contributed by atoms with E-state index in [4.69, 9.17) is 0 Å². The Hall–Kier alpha value is -3.09. The lowest BCUT2D eigenvalue weighted by Crippen LogP contribution is -2.42. The van der Waals surface area contributed by atoms with Crippen molar-refractivity contribution in [2.24, 2.45) is 5.92 Å². The highest BCUT2D eigenvalue weighted by atomic mass is 16.4. The maximum Gasteiger partial charge on any atom is 0.354 e. The van der Waals surface area contributed by atoms with Gasteiger partial charge in [-0.15, -0.1) is 0 Å². The molecule has 3 aromatic rings. The van der Waals surface area contributed by atoms with Crippen molar-refractivity contribution in [3.8, 4) is 0 Å². The number of benzene rings is 1. The van der Waals surface area contributed by atoms with Crippen molar-refractivity contribution in [1.82, 2.24) is 19.9 Å². The molecule has 1 aromatic carbocycles. The van der Waals surface area contributed by atoms with E-state index >= 15 is 0 Å². The number of imidazole rings is 1. The second-order valence-electron chi connectivity index (χ2n) is 6.93. The summed E-state index contributed by atoms with van der Waals surface area (Å²) >= 11 is 0. The Balaban J connectivity index is 1.79. The highest BCUT2D eigenvalue weighted by Crippen LogP contribution is 2.39. The number of aromatic carboxylic acids is 1. The number of rotatable bonds is 3. The quantitative estimate of drug-likeness (QED) is 0.674. The number of hydrogen-bond donors (Lipinski definition) is 3. The number of carboxylic acids is 1. The lowest BCUT2D eigenvalue weighted by Gasteiger charge is -2.38. The van der Waals surface area contributed by atoms with Gasteiger partial charge in [0.2, 0.25) is 0 Å². The Kier molecular flexibility index (Phi) is 3.79. The number of fused-ring (bicyclic) bond motifs is 3. The summed E-state index contributed by atoms with van der Waals surface area (Å²) in [5.74, 6) is -1.37. The summed E-state index contributed by atoms with van der Waals surface area (Å²) < 4.78 is 0. The van der Waals surface area contributed by atoms with Crippen molar-refractivity contribution in [2.75, 3.05) is 6.54 Å². The third kappa shape index (κ3) is 2.39. The van der Waals surface area contributed by atoms with Gasteiger partial charge in [0, 0.05) is 23.1 Å². The summed E-state index contributed by atoms with van der Waals surface area (Å²) in [6.45, 7) is 4.66. The monoisotopic (exact) mass is 352 g/mol. The molecule has 1 amide bonds. The van der Waals surface area contributed by atoms with Crippen LogP contribution in [0.5, 0.6) is 0 Å². The molecule has 0 aliphatic carbocycles. The Labute approximate surface area is 150 Å². The topological polar surface area (TPSA) is 102 Å². The molecule has 4 rings (SSSR count). The molecule has 0 radical (unpaired) electrons. The molecule has 3 heterocycles. The first-order valence-electron chi connectivity index (χ1n) is 8.66. The molecule has 7 heteroatoms. The van der Waals surface area contributed by atoms with Crippen LogP contribution in [-0.2, 0) is 6.42 Å². The third-order valence-corrected chi connectivity index (χ3v) is 5.03. The fraction of sp³-hybridized carbons (Fsp3) is 0.316. The van der Waals surface area contributed by atoms with E-state index in [9.17, 15) is 14.7 Å². The van der Waals surface area contributed by atoms with Crippen molar-refractivity contribution < 1.29 is 14.7 Å². The minimum absolute atomic E-state index is 0.0392. The zero-order valence-electron chi connectivity index (χ0n) is 14.6. The highest BCUT2D eigenvalue weighted by molar-refractivity contribution is 6.02. The largest absolute Gasteiger partial charge is 0.477 e. The summed E-state index contributed by atoms with van der Waals surface area (Å²) in [4.78, 5) is 36.2. The standard InChI is InChI=1S/C19H20N4O3/c1-10(2)17-14-12(11-5-3-4-6-13(11)22-14)7-8-23(17)18(24)15-16(19(25)26)21-9-20-15/h3-6,9-10,17,22H,7-8H2,1-2H3,(H,20,21)(H,25,26)/t17-/m1/s1. The fourth-order valence-corrected chi connectivity index (χ4v) is 3.95. The van der Waals surface area contributed by atoms with Gasteiger partial charge in [0.15, 0.2) is 11.4 Å². The van der Waals surface area contributed by atoms with Crippen LogP contribution in [0.25, 0.3) is 10.9 Å². The number of para-hydroxylation sites is 1. The maximum atomic E-state index is 13.1. The molecule has 3 N–H and O–H groups in total. The smallest absolute Gasteiger partial charge is 0.354 e. The fourth-order valence-electron chi connectivity index (χ4n) is 3.95. The van der Waals surface area contributed by atoms with E-state index in [0.29, 0.717) is 6.54 Å². The molecule has 0 saturated heterocycles. The van der Waals surface area contributed by atoms with E-state index in [1.165, 1.54) is 17.3 Å². The first-order chi connectivity index (χ1) is 12.5. The van der Waals surface area contributed by atoms with E-state index in [1.807, 2.05) is 18.2 Å². The van der Waals surface area contributed by atoms with Crippen LogP contribution in [0, 0.1) is 5.92 Å². The number of nitrogens with zero attached hydrogens (tertiary/aromatic N) is 2. The number of aromatic amines is 2. The van der Waals surface area contributed by atoms with Crippen LogP contribution >= 0.6 is 0 Å². The number of carboxylic acid groups (broad SMARTS) is 1. The Bertz CT molecular complexity index is 1000. The lowest BCUT2D eigenvalue weighted by atomic mass is 9.90. The van der Waals surface area contributed by atoms with Gasteiger partial charge in [-0.05, 0) is 24.0 Å². The molecule has 2 aromatic heterocycles. The molecule has 134 valence electrons. The van der Waals surface area contributed by atoms with Crippen molar-refractivity contribution >= 4 is 22.8 Å². The van der Waals surface area contributed by atoms with Crippen LogP contribution in [0.4, 0.5) is 0 Å². The molecular formula is C19H20N4O3. The summed E-state index contributed by atoms with van der Waals surface area (Å²) in [7, 11) is 0. The minimum Gasteiger partial charge on any atom is -0.477 e. The van der Waals surface area contributed by atoms with Gasteiger partial charge in [-0.25, -0.2) is 9.78 Å². The number of amides is 1. The van der Waals surface area contributed by atoms with E-state index in [2.05, 4.69) is 34.9 Å². The first-order valence-corrected chi connectivity index (χ1v) is 8.66. The van der Waals surface area contributed by atoms with Crippen LogP contribution in [0.3, 0.4) is 0 Å². The minimum atomic E-state index is -1.18. The second kappa shape index (κ2) is 6.01. The Morgan fingerprint density at radius 1 is 1.31 bits per heavy atom. The molecule has 0 saturated carbocycles. The van der Waals surface area contributed by atoms with Gasteiger partial charge in [-0.1, -0.05) is 32.0 Å². The number of hydrogen-bond acceptors (Lipinski definition) is 3. The first kappa shape index (κ1) is 16.4. The molecule has 26 heavy (non-hydrogen) atoms. The molecule has 1 aliphatic heterocycles. The van der Waals surface area contributed by atoms with Crippen molar-refractivity contribution in [3.05, 3.63) is 53.2 Å². The third-order valence-electron chi connectivity index (χ3n) is 5.03. The Morgan fingerprint density at radius 2 is 2.08 bits per heavy atom. The van der Waals surface area contributed by atoms with E-state index < -0.39 is 5.97 Å². The molecule has 1 aliphatic rings. The number of aromatic nitrogens is 3. The van der Waals surface area contributed by atoms with Gasteiger partial charge in [-0.2, -0.15) is 0 Å². The number of carbonyl (C=O) groups is 2. The number of H-pyrrole nitrogens is 2. The van der Waals surface area contributed by atoms with Gasteiger partial charge in [0.25, 0.3) is 5.91 Å².